The van der Waals surface area contributed by atoms with Crippen molar-refractivity contribution in [3.8, 4) is 5.75 Å². The predicted octanol–water partition coefficient (Wildman–Crippen LogP) is 3.95. The van der Waals surface area contributed by atoms with Gasteiger partial charge in [0.05, 0.1) is 16.4 Å². The normalized spacial score (nSPS) is 15.3. The monoisotopic (exact) mass is 445 g/mol. The SMILES string of the molecule is CC(C)(C)OC(=O)N1CCC(c2nc(COc3ccc(N(N)/C=C\N)cc3)cs2)CC1. The number of amides is 1. The van der Waals surface area contributed by atoms with Gasteiger partial charge in [0.2, 0.25) is 0 Å². The number of anilines is 1. The number of aromatic nitrogens is 1. The highest BCUT2D eigenvalue weighted by Gasteiger charge is 2.28. The molecule has 0 saturated carbocycles. The number of carbonyl (C=O) groups is 1. The van der Waals surface area contributed by atoms with Gasteiger partial charge in [-0.1, -0.05) is 0 Å². The first-order valence-electron chi connectivity index (χ1n) is 10.3. The van der Waals surface area contributed by atoms with Crippen molar-refractivity contribution in [2.45, 2.75) is 51.7 Å². The second-order valence-corrected chi connectivity index (χ2v) is 9.34. The number of carbonyl (C=O) groups excluding carboxylic acids is 1. The molecule has 3 rings (SSSR count). The number of likely N-dealkylation sites (tertiary alicyclic amines) is 1. The molecule has 1 fully saturated rings. The molecule has 0 spiro atoms. The summed E-state index contributed by atoms with van der Waals surface area (Å²) in [4.78, 5) is 18.8. The van der Waals surface area contributed by atoms with Crippen molar-refractivity contribution in [1.82, 2.24) is 9.88 Å². The molecule has 2 heterocycles. The molecule has 0 aliphatic carbocycles. The molecule has 9 heteroatoms. The standard InChI is InChI=1S/C22H31N5O3S/c1-22(2,3)30-21(28)26-11-8-16(9-12-26)20-25-17(15-31-20)14-29-19-6-4-18(5-7-19)27(24)13-10-23/h4-7,10,13,15-16H,8-9,11-12,14,23-24H2,1-3H3/b13-10-. The first kappa shape index (κ1) is 22.9. The van der Waals surface area contributed by atoms with Gasteiger partial charge in [-0.25, -0.2) is 15.6 Å². The third-order valence-corrected chi connectivity index (χ3v) is 5.89. The molecule has 1 aromatic heterocycles. The van der Waals surface area contributed by atoms with Crippen molar-refractivity contribution < 1.29 is 14.3 Å². The Kier molecular flexibility index (Phi) is 7.40. The number of benzene rings is 1. The molecule has 0 unspecified atom stereocenters. The van der Waals surface area contributed by atoms with Crippen molar-refractivity contribution >= 4 is 23.1 Å². The average molecular weight is 446 g/mol. The summed E-state index contributed by atoms with van der Waals surface area (Å²) >= 11 is 1.65. The number of thiazole rings is 1. The van der Waals surface area contributed by atoms with E-state index in [1.807, 2.05) is 50.4 Å². The number of hydrazine groups is 1. The van der Waals surface area contributed by atoms with Gasteiger partial charge in [0.1, 0.15) is 18.0 Å². The van der Waals surface area contributed by atoms with Crippen LogP contribution >= 0.6 is 11.3 Å². The maximum absolute atomic E-state index is 12.2. The quantitative estimate of drug-likeness (QED) is 0.512. The van der Waals surface area contributed by atoms with Crippen LogP contribution in [0.15, 0.2) is 42.0 Å². The zero-order valence-electron chi connectivity index (χ0n) is 18.3. The molecule has 1 amide bonds. The summed E-state index contributed by atoms with van der Waals surface area (Å²) < 4.78 is 11.3. The molecule has 168 valence electrons. The molecule has 1 aliphatic rings. The van der Waals surface area contributed by atoms with E-state index < -0.39 is 5.60 Å². The summed E-state index contributed by atoms with van der Waals surface area (Å²) in [6.07, 6.45) is 4.50. The van der Waals surface area contributed by atoms with Crippen LogP contribution < -0.4 is 21.3 Å². The zero-order valence-corrected chi connectivity index (χ0v) is 19.1. The topological polar surface area (TPSA) is 107 Å². The van der Waals surface area contributed by atoms with Crippen molar-refractivity contribution in [3.63, 3.8) is 0 Å². The van der Waals surface area contributed by atoms with E-state index in [9.17, 15) is 4.79 Å². The number of rotatable bonds is 6. The Hall–Kier alpha value is -2.78. The van der Waals surface area contributed by atoms with Crippen LogP contribution in [-0.4, -0.2) is 34.7 Å². The summed E-state index contributed by atoms with van der Waals surface area (Å²) in [7, 11) is 0. The third kappa shape index (κ3) is 6.60. The number of nitrogens with zero attached hydrogens (tertiary/aromatic N) is 3. The van der Waals surface area contributed by atoms with Crippen LogP contribution in [0.1, 0.15) is 50.2 Å². The van der Waals surface area contributed by atoms with Gasteiger partial charge >= 0.3 is 6.09 Å². The number of nitrogens with two attached hydrogens (primary N) is 2. The summed E-state index contributed by atoms with van der Waals surface area (Å²) in [5, 5.41) is 4.58. The highest BCUT2D eigenvalue weighted by Crippen LogP contribution is 2.31. The molecule has 1 saturated heterocycles. The van der Waals surface area contributed by atoms with Crippen molar-refractivity contribution in [3.05, 3.63) is 52.7 Å². The Morgan fingerprint density at radius 2 is 1.97 bits per heavy atom. The van der Waals surface area contributed by atoms with Gasteiger partial charge < -0.3 is 20.1 Å². The van der Waals surface area contributed by atoms with Crippen molar-refractivity contribution in [2.75, 3.05) is 18.1 Å². The van der Waals surface area contributed by atoms with Gasteiger partial charge in [-0.3, -0.25) is 5.01 Å². The second-order valence-electron chi connectivity index (χ2n) is 8.45. The smallest absolute Gasteiger partial charge is 0.410 e. The van der Waals surface area contributed by atoms with Crippen LogP contribution in [0.2, 0.25) is 0 Å². The molecule has 1 aliphatic heterocycles. The lowest BCUT2D eigenvalue weighted by molar-refractivity contribution is 0.0204. The van der Waals surface area contributed by atoms with E-state index in [1.165, 1.54) is 11.2 Å². The number of ether oxygens (including phenoxy) is 2. The van der Waals surface area contributed by atoms with E-state index in [0.29, 0.717) is 25.6 Å². The van der Waals surface area contributed by atoms with E-state index in [0.717, 1.165) is 35.0 Å². The molecule has 8 nitrogen and oxygen atoms in total. The zero-order chi connectivity index (χ0) is 22.4. The van der Waals surface area contributed by atoms with Gasteiger partial charge in [0.25, 0.3) is 0 Å². The summed E-state index contributed by atoms with van der Waals surface area (Å²) in [5.41, 5.74) is 6.60. The first-order valence-corrected chi connectivity index (χ1v) is 11.2. The van der Waals surface area contributed by atoms with E-state index in [-0.39, 0.29) is 6.09 Å². The maximum Gasteiger partial charge on any atom is 0.410 e. The fraction of sp³-hybridized carbons (Fsp3) is 0.455. The van der Waals surface area contributed by atoms with Crippen LogP contribution in [0.25, 0.3) is 0 Å². The molecular weight excluding hydrogens is 414 g/mol. The Morgan fingerprint density at radius 3 is 2.58 bits per heavy atom. The van der Waals surface area contributed by atoms with Crippen LogP contribution in [-0.2, 0) is 11.3 Å². The Morgan fingerprint density at radius 1 is 1.29 bits per heavy atom. The van der Waals surface area contributed by atoms with Gasteiger partial charge in [0.15, 0.2) is 0 Å². The lowest BCUT2D eigenvalue weighted by Crippen LogP contribution is -2.41. The van der Waals surface area contributed by atoms with E-state index in [4.69, 9.17) is 26.0 Å². The molecule has 1 aromatic carbocycles. The van der Waals surface area contributed by atoms with Crippen LogP contribution in [0.4, 0.5) is 10.5 Å². The fourth-order valence-electron chi connectivity index (χ4n) is 3.26. The molecule has 4 N–H and O–H groups in total. The third-order valence-electron chi connectivity index (χ3n) is 4.83. The van der Waals surface area contributed by atoms with Crippen molar-refractivity contribution in [1.29, 1.82) is 0 Å². The minimum Gasteiger partial charge on any atom is -0.487 e. The lowest BCUT2D eigenvalue weighted by Gasteiger charge is -2.32. The van der Waals surface area contributed by atoms with Crippen LogP contribution in [0, 0.1) is 0 Å². The minimum atomic E-state index is -0.469. The van der Waals surface area contributed by atoms with Crippen LogP contribution in [0.3, 0.4) is 0 Å². The molecule has 0 bridgehead atoms. The first-order chi connectivity index (χ1) is 14.7. The molecular formula is C22H31N5O3S. The van der Waals surface area contributed by atoms with Gasteiger partial charge in [0, 0.05) is 36.8 Å². The van der Waals surface area contributed by atoms with E-state index >= 15 is 0 Å². The Balaban J connectivity index is 1.48. The van der Waals surface area contributed by atoms with Crippen LogP contribution in [0.5, 0.6) is 5.75 Å². The summed E-state index contributed by atoms with van der Waals surface area (Å²) in [6, 6.07) is 7.44. The number of piperidine rings is 1. The molecule has 0 atom stereocenters. The summed E-state index contributed by atoms with van der Waals surface area (Å²) in [5.74, 6) is 6.94. The summed E-state index contributed by atoms with van der Waals surface area (Å²) in [6.45, 7) is 7.44. The highest BCUT2D eigenvalue weighted by atomic mass is 32.1. The lowest BCUT2D eigenvalue weighted by atomic mass is 9.98. The number of hydrogen-bond donors (Lipinski definition) is 2. The maximum atomic E-state index is 12.2. The molecule has 0 radical (unpaired) electrons. The Bertz CT molecular complexity index is 883. The second kappa shape index (κ2) is 10.0. The minimum absolute atomic E-state index is 0.234. The predicted molar refractivity (Wildman–Crippen MR) is 123 cm³/mol. The van der Waals surface area contributed by atoms with E-state index in [1.54, 1.807) is 22.4 Å². The molecule has 31 heavy (non-hydrogen) atoms. The van der Waals surface area contributed by atoms with Crippen molar-refractivity contribution in [2.24, 2.45) is 11.6 Å². The molecule has 2 aromatic rings. The Labute approximate surface area is 187 Å². The largest absolute Gasteiger partial charge is 0.487 e. The van der Waals surface area contributed by atoms with Gasteiger partial charge in [-0.2, -0.15) is 0 Å². The van der Waals surface area contributed by atoms with Gasteiger partial charge in [-0.15, -0.1) is 11.3 Å². The highest BCUT2D eigenvalue weighted by molar-refractivity contribution is 7.09. The van der Waals surface area contributed by atoms with Gasteiger partial charge in [-0.05, 0) is 57.9 Å². The fourth-order valence-corrected chi connectivity index (χ4v) is 4.24. The van der Waals surface area contributed by atoms with E-state index in [2.05, 4.69) is 0 Å². The number of hydrogen-bond acceptors (Lipinski definition) is 8. The average Bonchev–Trinajstić information content (AvgIpc) is 3.21.